The molecule has 2 aromatic carbocycles. The summed E-state index contributed by atoms with van der Waals surface area (Å²) in [6.45, 7) is 0. The summed E-state index contributed by atoms with van der Waals surface area (Å²) in [5.41, 5.74) is 1.98. The lowest BCUT2D eigenvalue weighted by Crippen LogP contribution is -2.14. The minimum atomic E-state index is -0.165. The number of rotatable bonds is 7. The van der Waals surface area contributed by atoms with E-state index in [4.69, 9.17) is 11.6 Å². The summed E-state index contributed by atoms with van der Waals surface area (Å²) in [5, 5.41) is 16.2. The Morgan fingerprint density at radius 2 is 1.93 bits per heavy atom. The van der Waals surface area contributed by atoms with Gasteiger partial charge in [0.05, 0.1) is 11.4 Å². The molecule has 1 N–H and O–H groups in total. The molecule has 4 aromatic rings. The molecule has 7 nitrogen and oxygen atoms in total. The minimum absolute atomic E-state index is 0.165. The van der Waals surface area contributed by atoms with Gasteiger partial charge in [0.15, 0.2) is 5.13 Å². The van der Waals surface area contributed by atoms with Gasteiger partial charge in [-0.05, 0) is 40.3 Å². The molecular weight excluding hydrogens is 428 g/mol. The van der Waals surface area contributed by atoms with Crippen LogP contribution in [0.15, 0.2) is 66.0 Å². The van der Waals surface area contributed by atoms with Gasteiger partial charge in [0.25, 0.3) is 0 Å². The number of aromatic nitrogens is 5. The Bertz CT molecular complexity index is 1100. The molecule has 0 aliphatic rings. The van der Waals surface area contributed by atoms with Gasteiger partial charge in [-0.25, -0.2) is 4.98 Å². The van der Waals surface area contributed by atoms with Crippen molar-refractivity contribution in [1.29, 1.82) is 0 Å². The van der Waals surface area contributed by atoms with Crippen molar-refractivity contribution in [2.45, 2.75) is 11.6 Å². The summed E-state index contributed by atoms with van der Waals surface area (Å²) >= 11 is 8.63. The van der Waals surface area contributed by atoms with Crippen molar-refractivity contribution in [3.05, 3.63) is 76.3 Å². The smallest absolute Gasteiger partial charge is 0.236 e. The van der Waals surface area contributed by atoms with Gasteiger partial charge in [0.1, 0.15) is 0 Å². The molecule has 0 radical (unpaired) electrons. The number of thiazole rings is 1. The third-order valence-corrected chi connectivity index (χ3v) is 5.95. The molecule has 0 spiro atoms. The van der Waals surface area contributed by atoms with Gasteiger partial charge < -0.3 is 5.32 Å². The maximum absolute atomic E-state index is 12.3. The molecule has 0 fully saturated rings. The maximum atomic E-state index is 12.3. The molecule has 1 amide bonds. The monoisotopic (exact) mass is 442 g/mol. The van der Waals surface area contributed by atoms with Crippen LogP contribution in [0.2, 0.25) is 5.02 Å². The van der Waals surface area contributed by atoms with Crippen molar-refractivity contribution in [3.8, 4) is 5.69 Å². The fourth-order valence-electron chi connectivity index (χ4n) is 2.54. The highest BCUT2D eigenvalue weighted by Gasteiger charge is 2.13. The van der Waals surface area contributed by atoms with Crippen LogP contribution in [0.25, 0.3) is 5.69 Å². The number of benzene rings is 2. The van der Waals surface area contributed by atoms with Gasteiger partial charge in [0.2, 0.25) is 11.1 Å². The van der Waals surface area contributed by atoms with E-state index in [0.29, 0.717) is 15.3 Å². The predicted molar refractivity (Wildman–Crippen MR) is 115 cm³/mol. The topological polar surface area (TPSA) is 85.6 Å². The highest BCUT2D eigenvalue weighted by molar-refractivity contribution is 7.99. The van der Waals surface area contributed by atoms with Crippen molar-refractivity contribution in [2.24, 2.45) is 0 Å². The van der Waals surface area contributed by atoms with E-state index in [1.165, 1.54) is 28.7 Å². The Morgan fingerprint density at radius 3 is 2.72 bits per heavy atom. The number of nitrogens with zero attached hydrogens (tertiary/aromatic N) is 5. The number of thioether (sulfide) groups is 1. The Balaban J connectivity index is 1.33. The molecule has 2 heterocycles. The zero-order valence-electron chi connectivity index (χ0n) is 15.0. The van der Waals surface area contributed by atoms with E-state index < -0.39 is 0 Å². The van der Waals surface area contributed by atoms with Crippen LogP contribution in [0.4, 0.5) is 5.13 Å². The van der Waals surface area contributed by atoms with Crippen molar-refractivity contribution >= 4 is 45.7 Å². The number of tetrazole rings is 1. The first-order valence-corrected chi connectivity index (χ1v) is 10.8. The standard InChI is InChI=1S/C19H15ClN6OS2/c20-14-6-8-15(9-7-14)26-19(23-24-25-26)28-12-17(27)22-18-21-11-16(29-18)10-13-4-2-1-3-5-13/h1-9,11H,10,12H2,(H,21,22,27). The van der Waals surface area contributed by atoms with Gasteiger partial charge >= 0.3 is 0 Å². The second-order valence-corrected chi connectivity index (χ2v) is 8.47. The average Bonchev–Trinajstić information content (AvgIpc) is 3.37. The van der Waals surface area contributed by atoms with E-state index in [-0.39, 0.29) is 11.7 Å². The fourth-order valence-corrected chi connectivity index (χ4v) is 4.22. The van der Waals surface area contributed by atoms with E-state index in [2.05, 4.69) is 38.0 Å². The number of hydrogen-bond acceptors (Lipinski definition) is 7. The van der Waals surface area contributed by atoms with Crippen LogP contribution in [-0.2, 0) is 11.2 Å². The van der Waals surface area contributed by atoms with Crippen molar-refractivity contribution < 1.29 is 4.79 Å². The molecule has 2 aromatic heterocycles. The maximum Gasteiger partial charge on any atom is 0.236 e. The average molecular weight is 443 g/mol. The molecule has 0 aliphatic carbocycles. The first kappa shape index (κ1) is 19.6. The zero-order valence-corrected chi connectivity index (χ0v) is 17.4. The van der Waals surface area contributed by atoms with E-state index in [9.17, 15) is 4.79 Å². The summed E-state index contributed by atoms with van der Waals surface area (Å²) in [4.78, 5) is 17.7. The van der Waals surface area contributed by atoms with Gasteiger partial charge in [-0.1, -0.05) is 53.7 Å². The van der Waals surface area contributed by atoms with Crippen LogP contribution < -0.4 is 5.32 Å². The number of amides is 1. The van der Waals surface area contributed by atoms with Crippen LogP contribution >= 0.6 is 34.7 Å². The van der Waals surface area contributed by atoms with E-state index in [1.807, 2.05) is 30.3 Å². The molecule has 0 saturated heterocycles. The third kappa shape index (κ3) is 5.20. The number of carbonyl (C=O) groups excluding carboxylic acids is 1. The van der Waals surface area contributed by atoms with Crippen LogP contribution in [0.3, 0.4) is 0 Å². The number of nitrogens with one attached hydrogen (secondary N) is 1. The summed E-state index contributed by atoms with van der Waals surface area (Å²) in [7, 11) is 0. The van der Waals surface area contributed by atoms with Crippen LogP contribution in [0.5, 0.6) is 0 Å². The number of hydrogen-bond donors (Lipinski definition) is 1. The van der Waals surface area contributed by atoms with E-state index >= 15 is 0 Å². The number of halogens is 1. The SMILES string of the molecule is O=C(CSc1nnnn1-c1ccc(Cl)cc1)Nc1ncc(Cc2ccccc2)s1. The second kappa shape index (κ2) is 9.17. The van der Waals surface area contributed by atoms with Gasteiger partial charge in [-0.2, -0.15) is 4.68 Å². The van der Waals surface area contributed by atoms with Gasteiger partial charge in [-0.3, -0.25) is 4.79 Å². The number of carbonyl (C=O) groups is 1. The Morgan fingerprint density at radius 1 is 1.14 bits per heavy atom. The predicted octanol–water partition coefficient (Wildman–Crippen LogP) is 4.09. The molecule has 0 unspecified atom stereocenters. The lowest BCUT2D eigenvalue weighted by Gasteiger charge is -2.04. The Kier molecular flexibility index (Phi) is 6.18. The minimum Gasteiger partial charge on any atom is -0.301 e. The third-order valence-electron chi connectivity index (χ3n) is 3.87. The summed E-state index contributed by atoms with van der Waals surface area (Å²) in [6, 6.07) is 17.3. The van der Waals surface area contributed by atoms with Crippen molar-refractivity contribution in [3.63, 3.8) is 0 Å². The fraction of sp³-hybridized carbons (Fsp3) is 0.105. The van der Waals surface area contributed by atoms with Crippen LogP contribution in [0, 0.1) is 0 Å². The summed E-state index contributed by atoms with van der Waals surface area (Å²) in [5.74, 6) is 0.00272. The van der Waals surface area contributed by atoms with Gasteiger partial charge in [0, 0.05) is 22.5 Å². The normalized spacial score (nSPS) is 10.8. The molecule has 0 atom stereocenters. The second-order valence-electron chi connectivity index (χ2n) is 5.98. The van der Waals surface area contributed by atoms with E-state index in [0.717, 1.165) is 17.0 Å². The Labute approximate surface area is 180 Å². The molecule has 29 heavy (non-hydrogen) atoms. The summed E-state index contributed by atoms with van der Waals surface area (Å²) < 4.78 is 1.57. The van der Waals surface area contributed by atoms with Crippen LogP contribution in [-0.4, -0.2) is 36.9 Å². The largest absolute Gasteiger partial charge is 0.301 e. The first-order valence-electron chi connectivity index (χ1n) is 8.63. The molecule has 0 saturated carbocycles. The Hall–Kier alpha value is -2.75. The molecular formula is C19H15ClN6OS2. The first-order chi connectivity index (χ1) is 14.2. The molecule has 0 aliphatic heterocycles. The molecule has 146 valence electrons. The molecule has 4 rings (SSSR count). The molecule has 10 heteroatoms. The molecule has 0 bridgehead atoms. The van der Waals surface area contributed by atoms with Gasteiger partial charge in [-0.15, -0.1) is 16.4 Å². The number of anilines is 1. The summed E-state index contributed by atoms with van der Waals surface area (Å²) in [6.07, 6.45) is 2.58. The van der Waals surface area contributed by atoms with Crippen molar-refractivity contribution in [2.75, 3.05) is 11.1 Å². The highest BCUT2D eigenvalue weighted by atomic mass is 35.5. The van der Waals surface area contributed by atoms with E-state index in [1.54, 1.807) is 23.0 Å². The lowest BCUT2D eigenvalue weighted by atomic mass is 10.1. The zero-order chi connectivity index (χ0) is 20.1. The quantitative estimate of drug-likeness (QED) is 0.434. The highest BCUT2D eigenvalue weighted by Crippen LogP contribution is 2.23. The van der Waals surface area contributed by atoms with Crippen LogP contribution in [0.1, 0.15) is 10.4 Å². The lowest BCUT2D eigenvalue weighted by molar-refractivity contribution is -0.113. The van der Waals surface area contributed by atoms with Crippen molar-refractivity contribution in [1.82, 2.24) is 25.2 Å².